The van der Waals surface area contributed by atoms with Crippen LogP contribution in [0, 0.1) is 18.6 Å². The summed E-state index contributed by atoms with van der Waals surface area (Å²) in [6.45, 7) is 5.11. The molecule has 0 radical (unpaired) electrons. The molecule has 5 aromatic rings. The lowest BCUT2D eigenvalue weighted by atomic mass is 9.91. The van der Waals surface area contributed by atoms with Crippen LogP contribution in [0.15, 0.2) is 54.9 Å². The van der Waals surface area contributed by atoms with Crippen molar-refractivity contribution in [2.24, 2.45) is 0 Å². The van der Waals surface area contributed by atoms with Crippen molar-refractivity contribution < 1.29 is 28.2 Å². The van der Waals surface area contributed by atoms with Gasteiger partial charge in [0.15, 0.2) is 11.6 Å². The number of carbonyl (C=O) groups is 1. The topological polar surface area (TPSA) is 132 Å². The second kappa shape index (κ2) is 11.4. The molecule has 2 aliphatic rings. The zero-order valence-electron chi connectivity index (χ0n) is 24.6. The second-order valence-corrected chi connectivity index (χ2v) is 11.8. The molecule has 0 saturated carbocycles. The number of rotatable bonds is 7. The van der Waals surface area contributed by atoms with Crippen LogP contribution in [0.5, 0.6) is 11.6 Å². The van der Waals surface area contributed by atoms with Crippen LogP contribution >= 0.6 is 0 Å². The van der Waals surface area contributed by atoms with E-state index in [1.54, 1.807) is 6.92 Å². The summed E-state index contributed by atoms with van der Waals surface area (Å²) in [5, 5.41) is 16.2. The van der Waals surface area contributed by atoms with E-state index in [9.17, 15) is 18.7 Å². The van der Waals surface area contributed by atoms with E-state index < -0.39 is 23.0 Å². The van der Waals surface area contributed by atoms with Crippen molar-refractivity contribution in [3.8, 4) is 17.3 Å². The molecule has 0 atom stereocenters. The zero-order valence-corrected chi connectivity index (χ0v) is 24.6. The van der Waals surface area contributed by atoms with Gasteiger partial charge >= 0.3 is 0 Å². The average molecular weight is 615 g/mol. The van der Waals surface area contributed by atoms with Gasteiger partial charge in [0, 0.05) is 62.7 Å². The van der Waals surface area contributed by atoms with E-state index in [1.165, 1.54) is 40.3 Å². The van der Waals surface area contributed by atoms with E-state index in [1.807, 2.05) is 6.07 Å². The molecular weight excluding hydrogens is 582 g/mol. The Kier molecular flexibility index (Phi) is 7.35. The highest BCUT2D eigenvalue weighted by atomic mass is 19.1. The molecule has 10 nitrogen and oxygen atoms in total. The van der Waals surface area contributed by atoms with Gasteiger partial charge in [-0.05, 0) is 60.4 Å². The van der Waals surface area contributed by atoms with Crippen LogP contribution in [0.25, 0.3) is 16.6 Å². The Bertz CT molecular complexity index is 1910. The molecule has 12 heteroatoms. The van der Waals surface area contributed by atoms with Gasteiger partial charge in [-0.2, -0.15) is 5.10 Å². The number of nitrogen functional groups attached to an aromatic ring is 1. The van der Waals surface area contributed by atoms with Crippen molar-refractivity contribution >= 4 is 22.5 Å². The van der Waals surface area contributed by atoms with E-state index in [-0.39, 0.29) is 23.0 Å². The van der Waals surface area contributed by atoms with Gasteiger partial charge in [0.1, 0.15) is 5.82 Å². The van der Waals surface area contributed by atoms with Crippen LogP contribution in [0.4, 0.5) is 14.6 Å². The van der Waals surface area contributed by atoms with E-state index in [4.69, 9.17) is 15.2 Å². The number of fused-ring (bicyclic) bond motifs is 2. The molecule has 0 aliphatic carbocycles. The second-order valence-electron chi connectivity index (χ2n) is 11.8. The lowest BCUT2D eigenvalue weighted by Crippen LogP contribution is -2.48. The average Bonchev–Trinajstić information content (AvgIpc) is 3.61. The number of para-hydroxylation sites is 1. The number of aromatic nitrogens is 4. The van der Waals surface area contributed by atoms with Gasteiger partial charge < -0.3 is 25.3 Å². The summed E-state index contributed by atoms with van der Waals surface area (Å²) in [6.07, 6.45) is 4.96. The minimum Gasteiger partial charge on any atom is -0.433 e. The first kappa shape index (κ1) is 29.1. The number of aromatic amines is 1. The summed E-state index contributed by atoms with van der Waals surface area (Å²) in [5.74, 6) is -2.43. The van der Waals surface area contributed by atoms with Crippen LogP contribution in [0.2, 0.25) is 0 Å². The van der Waals surface area contributed by atoms with Crippen molar-refractivity contribution in [3.05, 3.63) is 94.4 Å². The largest absolute Gasteiger partial charge is 0.433 e. The molecule has 45 heavy (non-hydrogen) atoms. The number of aryl methyl sites for hydroxylation is 1. The Morgan fingerprint density at radius 3 is 2.67 bits per heavy atom. The van der Waals surface area contributed by atoms with Crippen LogP contribution in [0.1, 0.15) is 45.6 Å². The molecule has 7 rings (SSSR count). The molecule has 0 amide bonds. The number of ether oxygens (including phenoxy) is 2. The van der Waals surface area contributed by atoms with Crippen molar-refractivity contribution in [2.45, 2.75) is 38.3 Å². The summed E-state index contributed by atoms with van der Waals surface area (Å²) in [7, 11) is 0. The smallest absolute Gasteiger partial charge is 0.219 e. The summed E-state index contributed by atoms with van der Waals surface area (Å²) >= 11 is 0. The van der Waals surface area contributed by atoms with E-state index >= 15 is 0 Å². The number of nitrogens with two attached hydrogens (primary N) is 1. The van der Waals surface area contributed by atoms with Gasteiger partial charge in [-0.25, -0.2) is 18.4 Å². The molecule has 4 N–H and O–H groups in total. The van der Waals surface area contributed by atoms with Crippen LogP contribution in [0.3, 0.4) is 0 Å². The normalized spacial score (nSPS) is 16.5. The number of aliphatic hydroxyl groups is 1. The first-order valence-corrected chi connectivity index (χ1v) is 14.8. The summed E-state index contributed by atoms with van der Waals surface area (Å²) in [6, 6.07) is 11.0. The third-order valence-corrected chi connectivity index (χ3v) is 8.68. The van der Waals surface area contributed by atoms with Crippen molar-refractivity contribution in [2.75, 3.05) is 32.0 Å². The number of carbonyl (C=O) groups excluding carboxylic acids is 1. The van der Waals surface area contributed by atoms with Gasteiger partial charge in [0.25, 0.3) is 0 Å². The minimum absolute atomic E-state index is 0.00868. The van der Waals surface area contributed by atoms with Crippen molar-refractivity contribution in [3.63, 3.8) is 0 Å². The fraction of sp³-hybridized carbons (Fsp3) is 0.303. The highest BCUT2D eigenvalue weighted by Gasteiger charge is 2.33. The van der Waals surface area contributed by atoms with E-state index in [0.717, 1.165) is 42.5 Å². The van der Waals surface area contributed by atoms with Gasteiger partial charge in [-0.1, -0.05) is 6.07 Å². The number of hydrogen-bond acceptors (Lipinski definition) is 8. The predicted octanol–water partition coefficient (Wildman–Crippen LogP) is 4.84. The van der Waals surface area contributed by atoms with Crippen LogP contribution in [-0.2, 0) is 17.7 Å². The summed E-state index contributed by atoms with van der Waals surface area (Å²) in [5.41, 5.74) is 10.7. The maximum atomic E-state index is 14.0. The molecule has 0 spiro atoms. The summed E-state index contributed by atoms with van der Waals surface area (Å²) < 4.78 is 40.2. The zero-order chi connectivity index (χ0) is 31.3. The number of β-amino-alcohol motifs (C(OH)–C–C–N with tert-alkyl or cyclic N) is 1. The fourth-order valence-electron chi connectivity index (χ4n) is 6.19. The molecule has 5 heterocycles. The minimum atomic E-state index is -0.845. The predicted molar refractivity (Wildman–Crippen MR) is 163 cm³/mol. The van der Waals surface area contributed by atoms with Crippen molar-refractivity contribution in [1.82, 2.24) is 24.6 Å². The molecule has 0 unspecified atom stereocenters. The maximum absolute atomic E-state index is 14.0. The molecule has 2 aliphatic heterocycles. The lowest BCUT2D eigenvalue weighted by Gasteiger charge is -2.38. The molecule has 3 aromatic heterocycles. The number of H-pyrrole nitrogens is 1. The highest BCUT2D eigenvalue weighted by molar-refractivity contribution is 6.12. The van der Waals surface area contributed by atoms with Gasteiger partial charge in [0.05, 0.1) is 34.9 Å². The lowest BCUT2D eigenvalue weighted by molar-refractivity contribution is -0.0814. The highest BCUT2D eigenvalue weighted by Crippen LogP contribution is 2.31. The SMILES string of the molecule is Cc1cc(Oc2c(F)cccc2F)ncc1-n1ncc(C(=O)c2cc3cc4c(cc3[nH]2)CCN(CC2(O)CCOCC2)C4)c1N. The molecular formula is C33H32F2N6O4. The number of pyridine rings is 1. The summed E-state index contributed by atoms with van der Waals surface area (Å²) in [4.78, 5) is 23.3. The van der Waals surface area contributed by atoms with E-state index in [2.05, 4.69) is 32.1 Å². The monoisotopic (exact) mass is 614 g/mol. The Balaban J connectivity index is 1.10. The third kappa shape index (κ3) is 5.56. The molecule has 2 aromatic carbocycles. The quantitative estimate of drug-likeness (QED) is 0.222. The first-order chi connectivity index (χ1) is 21.7. The van der Waals surface area contributed by atoms with Crippen molar-refractivity contribution in [1.29, 1.82) is 0 Å². The van der Waals surface area contributed by atoms with Gasteiger partial charge in [0.2, 0.25) is 17.4 Å². The first-order valence-electron chi connectivity index (χ1n) is 14.8. The van der Waals surface area contributed by atoms with Gasteiger partial charge in [-0.3, -0.25) is 9.69 Å². The number of nitrogens with one attached hydrogen (secondary N) is 1. The number of hydrogen-bond donors (Lipinski definition) is 3. The Labute approximate surface area is 257 Å². The fourth-order valence-corrected chi connectivity index (χ4v) is 6.19. The van der Waals surface area contributed by atoms with E-state index in [0.29, 0.717) is 49.5 Å². The Morgan fingerprint density at radius 1 is 1.13 bits per heavy atom. The molecule has 1 saturated heterocycles. The number of ketones is 1. The number of benzene rings is 2. The Morgan fingerprint density at radius 2 is 1.91 bits per heavy atom. The van der Waals surface area contributed by atoms with Crippen LogP contribution < -0.4 is 10.5 Å². The number of anilines is 1. The molecule has 232 valence electrons. The maximum Gasteiger partial charge on any atom is 0.219 e. The molecule has 0 bridgehead atoms. The van der Waals surface area contributed by atoms with Crippen LogP contribution in [-0.4, -0.2) is 67.4 Å². The standard InChI is InChI=1S/C33H32F2N6O4/c1-19-11-29(45-31-24(34)3-2-4-25(31)35)37-16-28(19)41-32(36)23(15-38-41)30(42)27-14-21-12-22-17-40(8-5-20(22)13-26(21)39-27)18-33(43)6-9-44-10-7-33/h2-4,11-16,39,43H,5-10,17-18,36H2,1H3. The van der Waals surface area contributed by atoms with Gasteiger partial charge in [-0.15, -0.1) is 0 Å². The molecule has 1 fully saturated rings. The third-order valence-electron chi connectivity index (χ3n) is 8.68. The number of halogens is 2. The Hall–Kier alpha value is -4.65. The number of nitrogens with zero attached hydrogens (tertiary/aromatic N) is 4.